The number of hydrogen-bond donors (Lipinski definition) is 2. The van der Waals surface area contributed by atoms with E-state index >= 15 is 0 Å². The number of rotatable bonds is 7. The van der Waals surface area contributed by atoms with Crippen molar-refractivity contribution >= 4 is 0 Å². The van der Waals surface area contributed by atoms with E-state index in [2.05, 4.69) is 35.1 Å². The summed E-state index contributed by atoms with van der Waals surface area (Å²) in [7, 11) is 0. The Morgan fingerprint density at radius 2 is 1.95 bits per heavy atom. The Balaban J connectivity index is 1.98. The molecule has 1 aromatic heterocycles. The van der Waals surface area contributed by atoms with Crippen molar-refractivity contribution in [2.45, 2.75) is 32.5 Å². The smallest absolute Gasteiger partial charge is 0.0626 e. The van der Waals surface area contributed by atoms with Crippen molar-refractivity contribution in [2.75, 3.05) is 6.61 Å². The molecule has 0 aliphatic carbocycles. The third-order valence-corrected chi connectivity index (χ3v) is 3.30. The second-order valence-electron chi connectivity index (χ2n) is 4.72. The molecule has 0 fully saturated rings. The van der Waals surface area contributed by atoms with Gasteiger partial charge in [0.1, 0.15) is 0 Å². The van der Waals surface area contributed by atoms with Crippen LogP contribution < -0.4 is 5.32 Å². The average Bonchev–Trinajstić information content (AvgIpc) is 2.89. The van der Waals surface area contributed by atoms with Gasteiger partial charge in [-0.05, 0) is 24.1 Å². The summed E-state index contributed by atoms with van der Waals surface area (Å²) in [6.45, 7) is 4.10. The van der Waals surface area contributed by atoms with Gasteiger partial charge in [-0.2, -0.15) is 0 Å². The van der Waals surface area contributed by atoms with Gasteiger partial charge in [0, 0.05) is 25.0 Å². The highest BCUT2D eigenvalue weighted by molar-refractivity contribution is 5.19. The number of aliphatic hydroxyl groups is 1. The van der Waals surface area contributed by atoms with Crippen LogP contribution in [0, 0.1) is 0 Å². The second-order valence-corrected chi connectivity index (χ2v) is 4.72. The molecular formula is C16H22N2O. The van der Waals surface area contributed by atoms with Crippen LogP contribution in [0.4, 0.5) is 0 Å². The molecule has 2 rings (SSSR count). The number of nitrogens with one attached hydrogen (secondary N) is 1. The zero-order chi connectivity index (χ0) is 13.5. The molecule has 3 heteroatoms. The van der Waals surface area contributed by atoms with Gasteiger partial charge in [-0.25, -0.2) is 0 Å². The van der Waals surface area contributed by atoms with Crippen molar-refractivity contribution in [3.8, 4) is 0 Å². The van der Waals surface area contributed by atoms with Crippen molar-refractivity contribution < 1.29 is 5.11 Å². The summed E-state index contributed by atoms with van der Waals surface area (Å²) in [6.07, 6.45) is 3.24. The molecular weight excluding hydrogens is 236 g/mol. The maximum Gasteiger partial charge on any atom is 0.0626 e. The first kappa shape index (κ1) is 13.8. The van der Waals surface area contributed by atoms with Gasteiger partial charge in [-0.1, -0.05) is 37.3 Å². The van der Waals surface area contributed by atoms with Crippen LogP contribution in [0.15, 0.2) is 48.7 Å². The van der Waals surface area contributed by atoms with E-state index in [1.165, 1.54) is 5.69 Å². The lowest BCUT2D eigenvalue weighted by Gasteiger charge is -2.17. The summed E-state index contributed by atoms with van der Waals surface area (Å²) in [6, 6.07) is 14.3. The Hall–Kier alpha value is -1.58. The van der Waals surface area contributed by atoms with Gasteiger partial charge in [0.05, 0.1) is 12.6 Å². The molecule has 1 heterocycles. The van der Waals surface area contributed by atoms with E-state index in [1.807, 2.05) is 30.3 Å². The molecule has 1 aromatic carbocycles. The van der Waals surface area contributed by atoms with E-state index in [-0.39, 0.29) is 12.6 Å². The highest BCUT2D eigenvalue weighted by Crippen LogP contribution is 2.13. The first-order chi connectivity index (χ1) is 9.35. The zero-order valence-corrected chi connectivity index (χ0v) is 11.4. The summed E-state index contributed by atoms with van der Waals surface area (Å²) in [5, 5.41) is 12.9. The largest absolute Gasteiger partial charge is 0.394 e. The van der Waals surface area contributed by atoms with Crippen LogP contribution in [-0.2, 0) is 13.1 Å². The maximum absolute atomic E-state index is 9.51. The SMILES string of the molecule is CCCn1cccc1CNC(CO)c1ccccc1. The number of hydrogen-bond acceptors (Lipinski definition) is 2. The zero-order valence-electron chi connectivity index (χ0n) is 11.4. The first-order valence-corrected chi connectivity index (χ1v) is 6.88. The summed E-state index contributed by atoms with van der Waals surface area (Å²) in [4.78, 5) is 0. The van der Waals surface area contributed by atoms with Crippen molar-refractivity contribution in [1.29, 1.82) is 0 Å². The van der Waals surface area contributed by atoms with Crippen LogP contribution in [0.25, 0.3) is 0 Å². The van der Waals surface area contributed by atoms with Crippen molar-refractivity contribution in [2.24, 2.45) is 0 Å². The Labute approximate surface area is 114 Å². The molecule has 2 N–H and O–H groups in total. The standard InChI is InChI=1S/C16H22N2O/c1-2-10-18-11-6-9-15(18)12-17-16(13-19)14-7-4-3-5-8-14/h3-9,11,16-17,19H,2,10,12-13H2,1H3. The van der Waals surface area contributed by atoms with Crippen LogP contribution in [-0.4, -0.2) is 16.3 Å². The van der Waals surface area contributed by atoms with Crippen LogP contribution >= 0.6 is 0 Å². The van der Waals surface area contributed by atoms with E-state index in [0.717, 1.165) is 25.1 Å². The monoisotopic (exact) mass is 258 g/mol. The van der Waals surface area contributed by atoms with Gasteiger partial charge in [0.15, 0.2) is 0 Å². The predicted molar refractivity (Wildman–Crippen MR) is 77.8 cm³/mol. The lowest BCUT2D eigenvalue weighted by Crippen LogP contribution is -2.25. The molecule has 3 nitrogen and oxygen atoms in total. The Bertz CT molecular complexity index is 479. The molecule has 2 aromatic rings. The molecule has 102 valence electrons. The van der Waals surface area contributed by atoms with Crippen LogP contribution in [0.2, 0.25) is 0 Å². The number of aromatic nitrogens is 1. The third-order valence-electron chi connectivity index (χ3n) is 3.30. The highest BCUT2D eigenvalue weighted by Gasteiger charge is 2.10. The van der Waals surface area contributed by atoms with E-state index < -0.39 is 0 Å². The van der Waals surface area contributed by atoms with E-state index in [9.17, 15) is 5.11 Å². The van der Waals surface area contributed by atoms with Gasteiger partial charge in [-0.15, -0.1) is 0 Å². The average molecular weight is 258 g/mol. The Morgan fingerprint density at radius 1 is 1.16 bits per heavy atom. The van der Waals surface area contributed by atoms with Gasteiger partial charge in [-0.3, -0.25) is 0 Å². The normalized spacial score (nSPS) is 12.5. The topological polar surface area (TPSA) is 37.2 Å². The number of aryl methyl sites for hydroxylation is 1. The first-order valence-electron chi connectivity index (χ1n) is 6.88. The quantitative estimate of drug-likeness (QED) is 0.801. The summed E-state index contributed by atoms with van der Waals surface area (Å²) < 4.78 is 2.26. The molecule has 0 spiro atoms. The second kappa shape index (κ2) is 7.12. The van der Waals surface area contributed by atoms with Crippen LogP contribution in [0.5, 0.6) is 0 Å². The molecule has 19 heavy (non-hydrogen) atoms. The third kappa shape index (κ3) is 3.69. The highest BCUT2D eigenvalue weighted by atomic mass is 16.3. The Morgan fingerprint density at radius 3 is 2.63 bits per heavy atom. The molecule has 0 aliphatic rings. The molecule has 0 saturated heterocycles. The van der Waals surface area contributed by atoms with E-state index in [4.69, 9.17) is 0 Å². The van der Waals surface area contributed by atoms with Gasteiger partial charge in [0.2, 0.25) is 0 Å². The number of nitrogens with zero attached hydrogens (tertiary/aromatic N) is 1. The molecule has 0 saturated carbocycles. The summed E-state index contributed by atoms with van der Waals surface area (Å²) >= 11 is 0. The number of benzene rings is 1. The minimum Gasteiger partial charge on any atom is -0.394 e. The molecule has 1 unspecified atom stereocenters. The summed E-state index contributed by atoms with van der Waals surface area (Å²) in [5.74, 6) is 0. The molecule has 0 aliphatic heterocycles. The molecule has 1 atom stereocenters. The predicted octanol–water partition coefficient (Wildman–Crippen LogP) is 2.72. The van der Waals surface area contributed by atoms with Crippen LogP contribution in [0.1, 0.15) is 30.6 Å². The molecule has 0 amide bonds. The fraction of sp³-hybridized carbons (Fsp3) is 0.375. The molecule has 0 bridgehead atoms. The minimum atomic E-state index is -0.00817. The van der Waals surface area contributed by atoms with E-state index in [1.54, 1.807) is 0 Å². The van der Waals surface area contributed by atoms with Crippen molar-refractivity contribution in [3.05, 3.63) is 59.9 Å². The fourth-order valence-corrected chi connectivity index (χ4v) is 2.27. The molecule has 0 radical (unpaired) electrons. The minimum absolute atomic E-state index is 0.00817. The lowest BCUT2D eigenvalue weighted by molar-refractivity contribution is 0.243. The summed E-state index contributed by atoms with van der Waals surface area (Å²) in [5.41, 5.74) is 2.38. The van der Waals surface area contributed by atoms with Crippen molar-refractivity contribution in [1.82, 2.24) is 9.88 Å². The van der Waals surface area contributed by atoms with Crippen LogP contribution in [0.3, 0.4) is 0 Å². The number of aliphatic hydroxyl groups excluding tert-OH is 1. The Kier molecular flexibility index (Phi) is 5.19. The lowest BCUT2D eigenvalue weighted by atomic mass is 10.1. The van der Waals surface area contributed by atoms with E-state index in [0.29, 0.717) is 0 Å². The van der Waals surface area contributed by atoms with Crippen molar-refractivity contribution in [3.63, 3.8) is 0 Å². The van der Waals surface area contributed by atoms with Gasteiger partial charge < -0.3 is 15.0 Å². The maximum atomic E-state index is 9.51. The fourth-order valence-electron chi connectivity index (χ4n) is 2.27. The van der Waals surface area contributed by atoms with Gasteiger partial charge in [0.25, 0.3) is 0 Å². The van der Waals surface area contributed by atoms with Gasteiger partial charge >= 0.3 is 0 Å².